The molecule has 0 saturated carbocycles. The highest BCUT2D eigenvalue weighted by Gasteiger charge is 2.33. The zero-order valence-corrected chi connectivity index (χ0v) is 50.2. The summed E-state index contributed by atoms with van der Waals surface area (Å²) < 4.78 is 337. The molecule has 0 spiro atoms. The van der Waals surface area contributed by atoms with E-state index in [0.29, 0.717) is 33.6 Å². The summed E-state index contributed by atoms with van der Waals surface area (Å²) >= 11 is 12.0. The number of rotatable bonds is 9. The van der Waals surface area contributed by atoms with Crippen LogP contribution >= 0.6 is 39.3 Å². The number of alkyl halides is 12. The molecule has 6 aromatic carbocycles. The predicted octanol–water partition coefficient (Wildman–Crippen LogP) is 23.1. The van der Waals surface area contributed by atoms with Gasteiger partial charge in [-0.25, -0.2) is 15.0 Å². The molecular weight excluding hydrogens is 1340 g/mol. The monoisotopic (exact) mass is 1450 g/mol. The van der Waals surface area contributed by atoms with E-state index in [1.165, 1.54) is 18.6 Å². The zero-order chi connectivity index (χ0) is 104. The molecule has 0 aliphatic carbocycles. The Kier molecular flexibility index (Phi) is 20.7. The molecule has 5 N–H and O–H groups in total. The van der Waals surface area contributed by atoms with Crippen LogP contribution in [0.5, 0.6) is 11.5 Å². The number of carbonyl (C=O) groups excluding carboxylic acids is 2. The third kappa shape index (κ3) is 27.9. The Balaban J connectivity index is -0.0000000869. The Labute approximate surface area is 592 Å². The van der Waals surface area contributed by atoms with Crippen molar-refractivity contribution in [3.8, 4) is 11.5 Å². The van der Waals surface area contributed by atoms with Crippen LogP contribution in [0.3, 0.4) is 0 Å². The van der Waals surface area contributed by atoms with Crippen molar-refractivity contribution >= 4 is 73.5 Å². The van der Waals surface area contributed by atoms with E-state index in [1.54, 1.807) is 54.6 Å². The highest BCUT2D eigenvalue weighted by atomic mass is 79.9. The van der Waals surface area contributed by atoms with E-state index >= 15 is 0 Å². The number of aromatic nitrogens is 4. The largest absolute Gasteiger partial charge is 0.426 e. The van der Waals surface area contributed by atoms with Gasteiger partial charge in [-0.2, -0.15) is 52.7 Å². The topological polar surface area (TPSA) is 192 Å². The van der Waals surface area contributed by atoms with Gasteiger partial charge in [-0.3, -0.25) is 30.1 Å². The number of pyridine rings is 4. The lowest BCUT2D eigenvalue weighted by molar-refractivity contribution is -0.138. The summed E-state index contributed by atoms with van der Waals surface area (Å²) in [6, 6.07) is 58.9. The molecule has 4 heterocycles. The maximum atomic E-state index is 12.9. The average Bonchev–Trinajstić information content (AvgIpc) is 0.812. The molecule has 27 heteroatoms. The first-order valence-corrected chi connectivity index (χ1v) is 27.5. The van der Waals surface area contributed by atoms with Gasteiger partial charge in [0.2, 0.25) is 0 Å². The van der Waals surface area contributed by atoms with Gasteiger partial charge in [0.05, 0.1) is 57.7 Å². The Morgan fingerprint density at radius 2 is 0.804 bits per heavy atom. The predicted molar refractivity (Wildman–Crippen MR) is 368 cm³/mol. The molecule has 0 fully saturated rings. The molecule has 0 saturated heterocycles. The molecule has 0 atom stereocenters. The van der Waals surface area contributed by atoms with Crippen molar-refractivity contribution < 1.29 is 125 Å². The minimum Gasteiger partial charge on any atom is -0.426 e. The van der Waals surface area contributed by atoms with Gasteiger partial charge in [-0.05, 0) is 92.9 Å². The molecule has 0 unspecified atom stereocenters. The quantitative estimate of drug-likeness (QED) is 0.0313. The van der Waals surface area contributed by atoms with Crippen LogP contribution in [0, 0.1) is 5.41 Å². The second kappa shape index (κ2) is 37.4. The number of nitrogens with two attached hydrogens (primary N) is 2. The second-order valence-corrected chi connectivity index (χ2v) is 19.0. The third-order valence-corrected chi connectivity index (χ3v) is 11.5. The SMILES string of the molecule is FC(F)(F)c1cncc(Br)c1.FC(F)(F)c1cncc(N=C(c2ccccc2)c2ccccc2)c1.N=C(c1ccccc1)c1ccccc1.NCl.Nc1cncc(C(F)(F)F)c1.O=C(Cc1cncc(C(F)(F)F)c1)Oc1ccccc1.O=C(Cl)Oc1ccccc1.[2H][2H].[2H][2H].[2H][2H].[2H][2H].[2H][2H].[2H][2H].[2H][2H].[2H][2H].[2H][2H].[2H][2H].[2H][2H].[2H][2H].[2H][2H].[2H][2H].[2H][2H].[2H][2H].[2H][2H].[2H][2H]. The maximum Gasteiger partial charge on any atom is 0.417 e. The van der Waals surface area contributed by atoms with Gasteiger partial charge in [0.1, 0.15) is 11.5 Å². The summed E-state index contributed by atoms with van der Waals surface area (Å²) in [4.78, 5) is 40.0. The number of aliphatic imine (C=N–C) groups is 1. The minimum atomic E-state index is -4.48. The second-order valence-electron chi connectivity index (χ2n) is 17.8. The van der Waals surface area contributed by atoms with E-state index < -0.39 is 58.4 Å². The maximum absolute atomic E-state index is 12.9. The number of carbonyl (C=O) groups is 2. The summed E-state index contributed by atoms with van der Waals surface area (Å²) in [6.07, 6.45) is -9.85. The van der Waals surface area contributed by atoms with E-state index in [9.17, 15) is 62.3 Å². The number of hydrogen-bond acceptors (Lipinski definition) is 12. The van der Waals surface area contributed by atoms with Gasteiger partial charge >= 0.3 is 36.1 Å². The van der Waals surface area contributed by atoms with Crippen LogP contribution < -0.4 is 20.5 Å². The van der Waals surface area contributed by atoms with Gasteiger partial charge in [0.15, 0.2) is 0 Å². The van der Waals surface area contributed by atoms with E-state index in [2.05, 4.69) is 62.6 Å². The average molecular weight is 1460 g/mol. The van der Waals surface area contributed by atoms with Gasteiger partial charge in [0, 0.05) is 124 Å². The number of nitrogen functional groups attached to an aromatic ring is 1. The normalized spacial score (nSPS) is 12.2. The number of para-hydroxylation sites is 2. The van der Waals surface area contributed by atoms with E-state index in [0.717, 1.165) is 71.3 Å². The van der Waals surface area contributed by atoms with Gasteiger partial charge in [-0.1, -0.05) is 158 Å². The highest BCUT2D eigenvalue weighted by molar-refractivity contribution is 9.10. The van der Waals surface area contributed by atoms with Crippen molar-refractivity contribution in [3.63, 3.8) is 0 Å². The first-order chi connectivity index (χ1) is 61.6. The van der Waals surface area contributed by atoms with Gasteiger partial charge in [0.25, 0.3) is 0 Å². The van der Waals surface area contributed by atoms with Crippen LogP contribution in [-0.2, 0) is 35.9 Å². The highest BCUT2D eigenvalue weighted by Crippen LogP contribution is 2.33. The molecule has 0 amide bonds. The van der Waals surface area contributed by atoms with Crippen molar-refractivity contribution in [2.24, 2.45) is 10.2 Å². The smallest absolute Gasteiger partial charge is 0.417 e. The molecule has 0 aliphatic heterocycles. The summed E-state index contributed by atoms with van der Waals surface area (Å²) in [7, 11) is 0. The lowest BCUT2D eigenvalue weighted by Crippen LogP contribution is -2.13. The summed E-state index contributed by atoms with van der Waals surface area (Å²) in [5.74, 6) is 0.164. The van der Waals surface area contributed by atoms with Crippen molar-refractivity contribution in [2.75, 3.05) is 5.73 Å². The number of nitrogens with one attached hydrogen (secondary N) is 1. The summed E-state index contributed by atoms with van der Waals surface area (Å²) in [6.45, 7) is 0. The molecule has 0 aliphatic rings. The Morgan fingerprint density at radius 3 is 1.17 bits per heavy atom. The number of halogens is 15. The molecule has 0 radical (unpaired) electrons. The molecule has 10 aromatic rings. The van der Waals surface area contributed by atoms with Crippen LogP contribution in [-0.4, -0.2) is 42.8 Å². The van der Waals surface area contributed by atoms with Gasteiger partial charge in [-0.15, -0.1) is 0 Å². The number of hydrogen-bond donors (Lipinski definition) is 3. The Hall–Kier alpha value is -9.82. The molecule has 514 valence electrons. The number of nitrogens with zero attached hydrogens (tertiary/aromatic N) is 5. The van der Waals surface area contributed by atoms with Crippen molar-refractivity contribution in [1.82, 2.24) is 19.9 Å². The van der Waals surface area contributed by atoms with E-state index in [-0.39, 0.29) is 23.4 Å². The van der Waals surface area contributed by atoms with Crippen LogP contribution in [0.25, 0.3) is 0 Å². The number of benzene rings is 6. The zero-order valence-electron chi connectivity index (χ0n) is 83.1. The fourth-order valence-electron chi connectivity index (χ4n) is 6.96. The van der Waals surface area contributed by atoms with Gasteiger partial charge < -0.3 is 15.2 Å². The fraction of sp³-hybridized carbons (Fsp3) is 0.0769. The lowest BCUT2D eigenvalue weighted by atomic mass is 10.0. The lowest BCUT2D eigenvalue weighted by Gasteiger charge is -2.09. The molecule has 0 bridgehead atoms. The first-order valence-electron chi connectivity index (χ1n) is 43.9. The first kappa shape index (κ1) is 50.9. The van der Waals surface area contributed by atoms with Crippen LogP contribution in [0.4, 0.5) is 68.9 Å². The minimum absolute atomic E-state index is 0.0137. The van der Waals surface area contributed by atoms with Crippen LogP contribution in [0.2, 0.25) is 0 Å². The fourth-order valence-corrected chi connectivity index (χ4v) is 7.41. The number of anilines is 1. The van der Waals surface area contributed by atoms with Crippen molar-refractivity contribution in [2.45, 2.75) is 31.1 Å². The molecule has 12 nitrogen and oxygen atoms in total. The Bertz CT molecular complexity index is 3840. The molecule has 4 aromatic heterocycles. The van der Waals surface area contributed by atoms with E-state index in [4.69, 9.17) is 80.9 Å². The van der Waals surface area contributed by atoms with Crippen molar-refractivity contribution in [3.05, 3.63) is 310 Å². The Morgan fingerprint density at radius 1 is 0.467 bits per heavy atom. The van der Waals surface area contributed by atoms with Crippen molar-refractivity contribution in [1.29, 1.82) is 5.41 Å². The summed E-state index contributed by atoms with van der Waals surface area (Å²) in [5, 5.41) is 11.9. The molecule has 92 heavy (non-hydrogen) atoms. The standard InChI is InChI=1S/C19H13F3N2.C14H10F3NO2.C13H11N.C7H5ClO2.C6H3BrF3N.C6H5F3N2.ClH2N.18H2/c20-19(21,22)16-11-17(13-23-12-16)24-18(14-7-3-1-4-8-14)15-9-5-2-6-10-15;15-14(16,17)11-6-10(8-18-9-11)7-13(19)20-12-4-2-1-3-5-12;14-13(11-7-3-1-4-8-11)12-9-5-2-6-10-12;8-7(9)10-6-4-2-1-3-5-6;7-5-1-4(2-11-3-5)6(8,9)10;7-6(8,9)4-1-5(10)3-11-2-4;1-2;;;;;;;;;;;;;;;;;;/h1-13H;1-6,8-9H,7H2;1-10,14H;1-5H;1-3H;1-3H,10H2;2H2;18*1H/i;;;;;;;18*1+1D. The number of ether oxygens (including phenoxy) is 2. The van der Waals surface area contributed by atoms with E-state index in [1.807, 2.05) is 127 Å². The van der Waals surface area contributed by atoms with Crippen LogP contribution in [0.1, 0.15) is 104 Å². The molecule has 10 rings (SSSR count). The number of esters is 1. The molecular formula is C65H85BrCl2F12N8O4. The third-order valence-electron chi connectivity index (χ3n) is 11.0. The summed E-state index contributed by atoms with van der Waals surface area (Å²) in [5.41, 5.74) is 6.06. The van der Waals surface area contributed by atoms with Crippen LogP contribution in [0.15, 0.2) is 265 Å².